The Bertz CT molecular complexity index is 491. The summed E-state index contributed by atoms with van der Waals surface area (Å²) < 4.78 is 64.2. The SMILES string of the molecule is CS(=O)(=O)O[C@H]1[C@@H]2OC[C@@H](O2)[C@@H](OS(C)(=O)=O)[C@@H]1O. The van der Waals surface area contributed by atoms with E-state index in [0.717, 1.165) is 12.5 Å². The molecule has 112 valence electrons. The summed E-state index contributed by atoms with van der Waals surface area (Å²) in [5.74, 6) is 0. The second-order valence-corrected chi connectivity index (χ2v) is 7.60. The number of ether oxygens (including phenoxy) is 2. The summed E-state index contributed by atoms with van der Waals surface area (Å²) in [5, 5.41) is 10.00. The van der Waals surface area contributed by atoms with Gasteiger partial charge in [0.15, 0.2) is 12.4 Å². The van der Waals surface area contributed by atoms with Gasteiger partial charge in [0.2, 0.25) is 0 Å². The van der Waals surface area contributed by atoms with E-state index in [2.05, 4.69) is 4.18 Å². The standard InChI is InChI=1S/C8H14O9S2/c1-18(10,11)16-6-4-3-14-8(15-4)7(5(6)9)17-19(2,12)13/h4-9H,3H2,1-2H3/t4-,5+,6-,7-,8-/m1/s1. The van der Waals surface area contributed by atoms with E-state index in [4.69, 9.17) is 13.7 Å². The Balaban J connectivity index is 2.22. The molecule has 0 amide bonds. The first-order valence-electron chi connectivity index (χ1n) is 5.28. The summed E-state index contributed by atoms with van der Waals surface area (Å²) >= 11 is 0. The highest BCUT2D eigenvalue weighted by atomic mass is 32.2. The normalized spacial score (nSPS) is 39.4. The highest BCUT2D eigenvalue weighted by Gasteiger charge is 2.53. The van der Waals surface area contributed by atoms with Crippen molar-refractivity contribution in [3.05, 3.63) is 0 Å². The van der Waals surface area contributed by atoms with Crippen LogP contribution in [0.25, 0.3) is 0 Å². The van der Waals surface area contributed by atoms with Crippen molar-refractivity contribution in [1.82, 2.24) is 0 Å². The molecule has 2 fully saturated rings. The van der Waals surface area contributed by atoms with E-state index in [-0.39, 0.29) is 6.61 Å². The van der Waals surface area contributed by atoms with Gasteiger partial charge in [-0.15, -0.1) is 0 Å². The van der Waals surface area contributed by atoms with Crippen molar-refractivity contribution >= 4 is 20.2 Å². The lowest BCUT2D eigenvalue weighted by atomic mass is 10.0. The van der Waals surface area contributed by atoms with Gasteiger partial charge in [-0.1, -0.05) is 0 Å². The van der Waals surface area contributed by atoms with E-state index >= 15 is 0 Å². The maximum atomic E-state index is 11.1. The lowest BCUT2D eigenvalue weighted by Gasteiger charge is -2.36. The number of fused-ring (bicyclic) bond motifs is 2. The molecular formula is C8H14O9S2. The molecule has 0 spiro atoms. The molecule has 0 radical (unpaired) electrons. The molecule has 0 aromatic heterocycles. The van der Waals surface area contributed by atoms with Crippen molar-refractivity contribution in [1.29, 1.82) is 0 Å². The monoisotopic (exact) mass is 318 g/mol. The van der Waals surface area contributed by atoms with Crippen molar-refractivity contribution in [2.75, 3.05) is 19.1 Å². The van der Waals surface area contributed by atoms with Gasteiger partial charge in [0.05, 0.1) is 19.1 Å². The molecule has 2 rings (SSSR count). The maximum Gasteiger partial charge on any atom is 0.264 e. The second kappa shape index (κ2) is 4.91. The number of aliphatic hydroxyl groups is 1. The molecule has 0 unspecified atom stereocenters. The number of aliphatic hydroxyl groups excluding tert-OH is 1. The largest absolute Gasteiger partial charge is 0.387 e. The van der Waals surface area contributed by atoms with Crippen LogP contribution in [0, 0.1) is 0 Å². The highest BCUT2D eigenvalue weighted by molar-refractivity contribution is 7.86. The van der Waals surface area contributed by atoms with Gasteiger partial charge in [-0.05, 0) is 0 Å². The molecule has 0 aromatic carbocycles. The molecule has 2 bridgehead atoms. The first-order valence-corrected chi connectivity index (χ1v) is 8.92. The molecule has 0 aliphatic carbocycles. The van der Waals surface area contributed by atoms with E-state index in [0.29, 0.717) is 0 Å². The van der Waals surface area contributed by atoms with Crippen LogP contribution in [0.15, 0.2) is 0 Å². The summed E-state index contributed by atoms with van der Waals surface area (Å²) in [4.78, 5) is 0. The predicted octanol–water partition coefficient (Wildman–Crippen LogP) is -2.21. The minimum atomic E-state index is -3.87. The van der Waals surface area contributed by atoms with E-state index in [1.807, 2.05) is 0 Å². The van der Waals surface area contributed by atoms with Gasteiger partial charge < -0.3 is 14.6 Å². The van der Waals surface area contributed by atoms with Crippen LogP contribution in [0.3, 0.4) is 0 Å². The number of hydrogen-bond donors (Lipinski definition) is 1. The topological polar surface area (TPSA) is 125 Å². The average molecular weight is 318 g/mol. The fraction of sp³-hybridized carbons (Fsp3) is 1.00. The number of hydrogen-bond acceptors (Lipinski definition) is 9. The summed E-state index contributed by atoms with van der Waals surface area (Å²) in [7, 11) is -7.72. The zero-order valence-corrected chi connectivity index (χ0v) is 11.8. The Labute approximate surface area is 110 Å². The summed E-state index contributed by atoms with van der Waals surface area (Å²) in [6.07, 6.45) is -4.42. The Hall–Kier alpha value is -0.300. The molecule has 0 saturated carbocycles. The third-order valence-electron chi connectivity index (χ3n) is 2.61. The molecule has 5 atom stereocenters. The molecule has 2 aliphatic rings. The molecule has 11 heteroatoms. The Morgan fingerprint density at radius 3 is 2.11 bits per heavy atom. The zero-order chi connectivity index (χ0) is 14.4. The number of rotatable bonds is 4. The molecule has 19 heavy (non-hydrogen) atoms. The van der Waals surface area contributed by atoms with Crippen LogP contribution in [0.4, 0.5) is 0 Å². The first-order chi connectivity index (χ1) is 8.57. The van der Waals surface area contributed by atoms with Crippen LogP contribution >= 0.6 is 0 Å². The van der Waals surface area contributed by atoms with Crippen LogP contribution in [0.5, 0.6) is 0 Å². The highest BCUT2D eigenvalue weighted by Crippen LogP contribution is 2.33. The van der Waals surface area contributed by atoms with Gasteiger partial charge in [-0.25, -0.2) is 0 Å². The van der Waals surface area contributed by atoms with Crippen LogP contribution in [-0.2, 0) is 38.1 Å². The fourth-order valence-electron chi connectivity index (χ4n) is 1.98. The molecule has 9 nitrogen and oxygen atoms in total. The van der Waals surface area contributed by atoms with Crippen LogP contribution in [0.2, 0.25) is 0 Å². The molecule has 1 N–H and O–H groups in total. The quantitative estimate of drug-likeness (QED) is 0.574. The summed E-state index contributed by atoms with van der Waals surface area (Å²) in [5.41, 5.74) is 0. The van der Waals surface area contributed by atoms with Gasteiger partial charge in [0.25, 0.3) is 20.2 Å². The Morgan fingerprint density at radius 2 is 1.58 bits per heavy atom. The van der Waals surface area contributed by atoms with E-state index in [9.17, 15) is 21.9 Å². The van der Waals surface area contributed by atoms with Crippen LogP contribution in [0.1, 0.15) is 0 Å². The average Bonchev–Trinajstić information content (AvgIpc) is 2.63. The van der Waals surface area contributed by atoms with Crippen molar-refractivity contribution in [2.24, 2.45) is 0 Å². The first kappa shape index (κ1) is 15.1. The Kier molecular flexibility index (Phi) is 3.90. The zero-order valence-electron chi connectivity index (χ0n) is 10.1. The third-order valence-corrected chi connectivity index (χ3v) is 3.76. The smallest absolute Gasteiger partial charge is 0.264 e. The molecule has 2 aliphatic heterocycles. The van der Waals surface area contributed by atoms with Gasteiger partial charge in [0, 0.05) is 0 Å². The maximum absolute atomic E-state index is 11.1. The summed E-state index contributed by atoms with van der Waals surface area (Å²) in [6, 6.07) is 0. The third kappa shape index (κ3) is 3.62. The van der Waals surface area contributed by atoms with Crippen molar-refractivity contribution in [3.8, 4) is 0 Å². The van der Waals surface area contributed by atoms with Crippen LogP contribution < -0.4 is 0 Å². The van der Waals surface area contributed by atoms with Crippen molar-refractivity contribution in [3.63, 3.8) is 0 Å². The van der Waals surface area contributed by atoms with Crippen molar-refractivity contribution < 1.29 is 39.8 Å². The van der Waals surface area contributed by atoms with Gasteiger partial charge in [0.1, 0.15) is 18.3 Å². The molecule has 0 aromatic rings. The molecular weight excluding hydrogens is 304 g/mol. The summed E-state index contributed by atoms with van der Waals surface area (Å²) in [6.45, 7) is -0.0223. The molecule has 2 saturated heterocycles. The lowest BCUT2D eigenvalue weighted by Crippen LogP contribution is -2.56. The predicted molar refractivity (Wildman–Crippen MR) is 60.1 cm³/mol. The van der Waals surface area contributed by atoms with Crippen molar-refractivity contribution in [2.45, 2.75) is 30.7 Å². The lowest BCUT2D eigenvalue weighted by molar-refractivity contribution is -0.213. The minimum absolute atomic E-state index is 0.0223. The van der Waals surface area contributed by atoms with E-state index in [1.165, 1.54) is 0 Å². The fourth-order valence-corrected chi connectivity index (χ4v) is 3.23. The van der Waals surface area contributed by atoms with E-state index < -0.39 is 50.9 Å². The Morgan fingerprint density at radius 1 is 1.05 bits per heavy atom. The van der Waals surface area contributed by atoms with Crippen LogP contribution in [-0.4, -0.2) is 71.8 Å². The van der Waals surface area contributed by atoms with Gasteiger partial charge in [-0.2, -0.15) is 16.8 Å². The van der Waals surface area contributed by atoms with E-state index in [1.54, 1.807) is 0 Å². The minimum Gasteiger partial charge on any atom is -0.387 e. The van der Waals surface area contributed by atoms with Gasteiger partial charge in [-0.3, -0.25) is 8.37 Å². The van der Waals surface area contributed by atoms with Gasteiger partial charge >= 0.3 is 0 Å². The molecule has 2 heterocycles. The second-order valence-electron chi connectivity index (χ2n) is 4.40.